The maximum Gasteiger partial charge on any atom is 0.182 e. The summed E-state index contributed by atoms with van der Waals surface area (Å²) in [6.45, 7) is 8.28. The fraction of sp³-hybridized carbons (Fsp3) is 0.0851. The van der Waals surface area contributed by atoms with E-state index in [-0.39, 0.29) is 0 Å². The lowest BCUT2D eigenvalue weighted by Crippen LogP contribution is -2.02. The van der Waals surface area contributed by atoms with E-state index in [2.05, 4.69) is 138 Å². The average molecular weight is 685 g/mol. The highest BCUT2D eigenvalue weighted by Gasteiger charge is 2.17. The summed E-state index contributed by atoms with van der Waals surface area (Å²) in [5, 5.41) is 2.41. The molecule has 0 radical (unpaired) electrons. The van der Waals surface area contributed by atoms with Crippen molar-refractivity contribution in [1.82, 2.24) is 29.5 Å². The number of hydrogen-bond donors (Lipinski definition) is 0. The molecule has 0 bridgehead atoms. The maximum atomic E-state index is 4.91. The van der Waals surface area contributed by atoms with Gasteiger partial charge in [-0.3, -0.25) is 9.97 Å². The molecule has 0 unspecified atom stereocenters. The molecular weight excluding hydrogens is 649 g/mol. The number of hydrogen-bond acceptors (Lipinski definition) is 5. The van der Waals surface area contributed by atoms with Crippen molar-refractivity contribution in [1.29, 1.82) is 0 Å². The molecule has 0 aliphatic rings. The highest BCUT2D eigenvalue weighted by Crippen LogP contribution is 2.38. The molecule has 4 heterocycles. The lowest BCUT2D eigenvalue weighted by molar-refractivity contribution is 1.04. The minimum Gasteiger partial charge on any atom is -0.309 e. The minimum atomic E-state index is 0.507. The zero-order valence-corrected chi connectivity index (χ0v) is 30.0. The van der Waals surface area contributed by atoms with E-state index in [1.54, 1.807) is 0 Å². The van der Waals surface area contributed by atoms with Crippen LogP contribution in [-0.4, -0.2) is 29.5 Å². The van der Waals surface area contributed by atoms with Gasteiger partial charge in [-0.15, -0.1) is 0 Å². The van der Waals surface area contributed by atoms with E-state index in [1.807, 2.05) is 50.5 Å². The van der Waals surface area contributed by atoms with E-state index in [0.717, 1.165) is 33.4 Å². The fourth-order valence-corrected chi connectivity index (χ4v) is 6.85. The Morgan fingerprint density at radius 1 is 0.358 bits per heavy atom. The van der Waals surface area contributed by atoms with Crippen LogP contribution in [0, 0.1) is 27.7 Å². The molecule has 53 heavy (non-hydrogen) atoms. The molecule has 0 N–H and O–H groups in total. The summed E-state index contributed by atoms with van der Waals surface area (Å²) in [4.78, 5) is 23.9. The molecule has 0 atom stereocenters. The van der Waals surface area contributed by atoms with E-state index in [1.165, 1.54) is 44.2 Å². The van der Waals surface area contributed by atoms with Crippen LogP contribution >= 0.6 is 0 Å². The van der Waals surface area contributed by atoms with Crippen molar-refractivity contribution in [3.05, 3.63) is 168 Å². The van der Waals surface area contributed by atoms with Crippen LogP contribution in [0.4, 0.5) is 0 Å². The van der Waals surface area contributed by atoms with Gasteiger partial charge in [0.2, 0.25) is 0 Å². The van der Waals surface area contributed by atoms with Crippen LogP contribution in [0.15, 0.2) is 146 Å². The van der Waals surface area contributed by atoms with Gasteiger partial charge < -0.3 is 4.57 Å². The van der Waals surface area contributed by atoms with Crippen molar-refractivity contribution in [3.63, 3.8) is 0 Å². The second-order valence-corrected chi connectivity index (χ2v) is 13.8. The minimum absolute atomic E-state index is 0.507. The molecule has 9 aromatic rings. The Hall–Kier alpha value is -6.79. The second-order valence-electron chi connectivity index (χ2n) is 13.8. The lowest BCUT2D eigenvalue weighted by atomic mass is 9.99. The van der Waals surface area contributed by atoms with E-state index in [0.29, 0.717) is 28.9 Å². The average Bonchev–Trinajstić information content (AvgIpc) is 3.52. The number of fused-ring (bicyclic) bond motifs is 3. The number of aryl methyl sites for hydroxylation is 4. The third-order valence-corrected chi connectivity index (χ3v) is 9.83. The van der Waals surface area contributed by atoms with E-state index >= 15 is 0 Å². The molecule has 0 aliphatic heterocycles. The quantitative estimate of drug-likeness (QED) is 0.174. The summed E-state index contributed by atoms with van der Waals surface area (Å²) in [6, 6.07) is 47.5. The largest absolute Gasteiger partial charge is 0.309 e. The summed E-state index contributed by atoms with van der Waals surface area (Å²) in [7, 11) is 0. The topological polar surface area (TPSA) is 69.4 Å². The van der Waals surface area contributed by atoms with Gasteiger partial charge in [0.1, 0.15) is 11.4 Å². The van der Waals surface area contributed by atoms with Gasteiger partial charge in [-0.25, -0.2) is 15.0 Å². The molecule has 0 aliphatic carbocycles. The Morgan fingerprint density at radius 2 is 0.755 bits per heavy atom. The van der Waals surface area contributed by atoms with Gasteiger partial charge in [0, 0.05) is 34.4 Å². The van der Waals surface area contributed by atoms with Crippen molar-refractivity contribution >= 4 is 21.8 Å². The number of rotatable bonds is 6. The molecule has 0 fully saturated rings. The maximum absolute atomic E-state index is 4.91. The number of benzene rings is 5. The van der Waals surface area contributed by atoms with Crippen molar-refractivity contribution in [3.8, 4) is 62.4 Å². The zero-order chi connectivity index (χ0) is 36.1. The number of aromatic nitrogens is 6. The number of pyridine rings is 2. The van der Waals surface area contributed by atoms with E-state index in [4.69, 9.17) is 15.0 Å². The summed E-state index contributed by atoms with van der Waals surface area (Å²) < 4.78 is 2.35. The van der Waals surface area contributed by atoms with Crippen LogP contribution in [0.25, 0.3) is 84.2 Å². The first kappa shape index (κ1) is 32.1. The first-order valence-corrected chi connectivity index (χ1v) is 17.8. The predicted octanol–water partition coefficient (Wildman–Crippen LogP) is 11.3. The number of nitrogens with zero attached hydrogens (tertiary/aromatic N) is 6. The van der Waals surface area contributed by atoms with Crippen LogP contribution in [-0.2, 0) is 0 Å². The van der Waals surface area contributed by atoms with Crippen LogP contribution in [0.1, 0.15) is 22.3 Å². The molecular formula is C47H36N6. The van der Waals surface area contributed by atoms with Crippen LogP contribution in [0.3, 0.4) is 0 Å². The molecule has 0 saturated carbocycles. The predicted molar refractivity (Wildman–Crippen MR) is 216 cm³/mol. The van der Waals surface area contributed by atoms with Crippen molar-refractivity contribution in [2.24, 2.45) is 0 Å². The molecule has 9 rings (SSSR count). The Balaban J connectivity index is 1.18. The van der Waals surface area contributed by atoms with Crippen molar-refractivity contribution in [2.45, 2.75) is 27.7 Å². The molecule has 0 saturated heterocycles. The van der Waals surface area contributed by atoms with Crippen LogP contribution in [0.5, 0.6) is 0 Å². The van der Waals surface area contributed by atoms with Crippen molar-refractivity contribution < 1.29 is 0 Å². The van der Waals surface area contributed by atoms with Crippen LogP contribution in [0.2, 0.25) is 0 Å². The molecule has 5 aromatic carbocycles. The highest BCUT2D eigenvalue weighted by atomic mass is 15.1. The van der Waals surface area contributed by atoms with Gasteiger partial charge in [0.25, 0.3) is 0 Å². The Labute approximate surface area is 308 Å². The molecule has 6 nitrogen and oxygen atoms in total. The standard InChI is InChI=1S/C47H36N6/c1-29-5-11-33(12-6-29)36-17-23-43-39(25-36)40-26-37(34-13-7-30(2)8-14-34)18-24-44(40)53(43)38-19-15-35(16-20-38)45-50-46(41-21-9-31(3)27-48-41)52-47(51-45)42-22-10-32(4)28-49-42/h5-28H,1-4H3. The zero-order valence-electron chi connectivity index (χ0n) is 30.0. The summed E-state index contributed by atoms with van der Waals surface area (Å²) in [5.41, 5.74) is 15.0. The van der Waals surface area contributed by atoms with Gasteiger partial charge in [-0.2, -0.15) is 0 Å². The first-order valence-electron chi connectivity index (χ1n) is 17.8. The monoisotopic (exact) mass is 684 g/mol. The second kappa shape index (κ2) is 13.1. The third kappa shape index (κ3) is 6.14. The summed E-state index contributed by atoms with van der Waals surface area (Å²) in [6.07, 6.45) is 3.66. The third-order valence-electron chi connectivity index (χ3n) is 9.83. The van der Waals surface area contributed by atoms with Gasteiger partial charge in [0.15, 0.2) is 17.5 Å². The smallest absolute Gasteiger partial charge is 0.182 e. The van der Waals surface area contributed by atoms with Crippen LogP contribution < -0.4 is 0 Å². The molecule has 4 aromatic heterocycles. The highest BCUT2D eigenvalue weighted by molar-refractivity contribution is 6.11. The first-order chi connectivity index (χ1) is 25.9. The Kier molecular flexibility index (Phi) is 7.93. The SMILES string of the molecule is Cc1ccc(-c2ccc3c(c2)c2cc(-c4ccc(C)cc4)ccc2n3-c2ccc(-c3nc(-c4ccc(C)cn4)nc(-c4ccc(C)cn4)n3)cc2)cc1. The van der Waals surface area contributed by atoms with Gasteiger partial charge >= 0.3 is 0 Å². The lowest BCUT2D eigenvalue weighted by Gasteiger charge is -2.11. The van der Waals surface area contributed by atoms with Crippen molar-refractivity contribution in [2.75, 3.05) is 0 Å². The van der Waals surface area contributed by atoms with E-state index in [9.17, 15) is 0 Å². The van der Waals surface area contributed by atoms with Gasteiger partial charge in [0.05, 0.1) is 11.0 Å². The van der Waals surface area contributed by atoms with Gasteiger partial charge in [-0.05, 0) is 122 Å². The Morgan fingerprint density at radius 3 is 1.19 bits per heavy atom. The Bertz CT molecular complexity index is 2600. The molecule has 0 amide bonds. The molecule has 0 spiro atoms. The summed E-state index contributed by atoms with van der Waals surface area (Å²) >= 11 is 0. The summed E-state index contributed by atoms with van der Waals surface area (Å²) in [5.74, 6) is 1.58. The normalized spacial score (nSPS) is 11.4. The van der Waals surface area contributed by atoms with E-state index < -0.39 is 0 Å². The van der Waals surface area contributed by atoms with Gasteiger partial charge in [-0.1, -0.05) is 83.9 Å². The fourth-order valence-electron chi connectivity index (χ4n) is 6.85. The molecule has 254 valence electrons. The molecule has 6 heteroatoms.